The molecule has 2 heterocycles. The second kappa shape index (κ2) is 6.66. The van der Waals surface area contributed by atoms with Crippen LogP contribution in [0.4, 0.5) is 11.6 Å². The van der Waals surface area contributed by atoms with Gasteiger partial charge in [0.2, 0.25) is 11.6 Å². The summed E-state index contributed by atoms with van der Waals surface area (Å²) in [4.78, 5) is 10.7. The van der Waals surface area contributed by atoms with Crippen molar-refractivity contribution in [1.82, 2.24) is 25.4 Å². The molecule has 0 fully saturated rings. The summed E-state index contributed by atoms with van der Waals surface area (Å²) in [5, 5.41) is 21.2. The highest BCUT2D eigenvalue weighted by Gasteiger charge is 2.19. The molecule has 4 aromatic rings. The Morgan fingerprint density at radius 3 is 2.44 bits per heavy atom. The summed E-state index contributed by atoms with van der Waals surface area (Å²) in [6, 6.07) is 19.3. The predicted molar refractivity (Wildman–Crippen MR) is 94.3 cm³/mol. The van der Waals surface area contributed by atoms with Crippen LogP contribution in [-0.2, 0) is 0 Å². The molecule has 0 saturated carbocycles. The molecule has 25 heavy (non-hydrogen) atoms. The van der Waals surface area contributed by atoms with Crippen molar-refractivity contribution in [2.24, 2.45) is 0 Å². The minimum Gasteiger partial charge on any atom is -0.387 e. The molecule has 4 rings (SSSR count). The van der Waals surface area contributed by atoms with Gasteiger partial charge in [0, 0.05) is 5.69 Å². The van der Waals surface area contributed by atoms with Gasteiger partial charge in [-0.25, -0.2) is 4.98 Å². The summed E-state index contributed by atoms with van der Waals surface area (Å²) in [5.74, 6) is 0.461. The standard InChI is InChI=1S/C18H16N6O/c25-16(13-7-3-1-4-8-13)12-24(14-9-5-2-6-10-14)18-19-11-15-17(20-18)22-23-21-15/h1-11,16,25H,12H2,(H,19,20,21,22,23). The third-order valence-electron chi connectivity index (χ3n) is 3.91. The number of hydrogen-bond donors (Lipinski definition) is 2. The molecule has 0 aliphatic carbocycles. The number of hydrogen-bond acceptors (Lipinski definition) is 6. The van der Waals surface area contributed by atoms with E-state index in [4.69, 9.17) is 0 Å². The van der Waals surface area contributed by atoms with Gasteiger partial charge in [0.15, 0.2) is 0 Å². The molecule has 2 N–H and O–H groups in total. The van der Waals surface area contributed by atoms with Crippen LogP contribution in [0.15, 0.2) is 66.9 Å². The fraction of sp³-hybridized carbons (Fsp3) is 0.111. The van der Waals surface area contributed by atoms with E-state index in [1.807, 2.05) is 65.6 Å². The molecule has 0 amide bonds. The predicted octanol–water partition coefficient (Wildman–Crippen LogP) is 2.62. The number of rotatable bonds is 5. The Morgan fingerprint density at radius 2 is 1.68 bits per heavy atom. The number of para-hydroxylation sites is 1. The highest BCUT2D eigenvalue weighted by molar-refractivity contribution is 5.70. The van der Waals surface area contributed by atoms with Crippen molar-refractivity contribution in [3.63, 3.8) is 0 Å². The van der Waals surface area contributed by atoms with Gasteiger partial charge in [-0.2, -0.15) is 15.3 Å². The van der Waals surface area contributed by atoms with Gasteiger partial charge in [-0.3, -0.25) is 0 Å². The highest BCUT2D eigenvalue weighted by atomic mass is 16.3. The molecule has 2 aromatic carbocycles. The van der Waals surface area contributed by atoms with Crippen LogP contribution in [0.2, 0.25) is 0 Å². The molecule has 0 spiro atoms. The van der Waals surface area contributed by atoms with E-state index >= 15 is 0 Å². The van der Waals surface area contributed by atoms with Crippen LogP contribution in [0.5, 0.6) is 0 Å². The first kappa shape index (κ1) is 15.2. The quantitative estimate of drug-likeness (QED) is 0.584. The Labute approximate surface area is 144 Å². The van der Waals surface area contributed by atoms with Gasteiger partial charge in [0.05, 0.1) is 18.8 Å². The van der Waals surface area contributed by atoms with Crippen molar-refractivity contribution < 1.29 is 5.11 Å². The number of fused-ring (bicyclic) bond motifs is 1. The van der Waals surface area contributed by atoms with E-state index in [-0.39, 0.29) is 0 Å². The zero-order valence-corrected chi connectivity index (χ0v) is 13.3. The maximum atomic E-state index is 10.7. The van der Waals surface area contributed by atoms with Crippen LogP contribution in [0.3, 0.4) is 0 Å². The second-order valence-electron chi connectivity index (χ2n) is 5.58. The van der Waals surface area contributed by atoms with Gasteiger partial charge in [0.25, 0.3) is 0 Å². The average Bonchev–Trinajstić information content (AvgIpc) is 3.15. The van der Waals surface area contributed by atoms with E-state index in [9.17, 15) is 5.11 Å². The van der Waals surface area contributed by atoms with Crippen LogP contribution in [0.1, 0.15) is 11.7 Å². The summed E-state index contributed by atoms with van der Waals surface area (Å²) in [6.07, 6.45) is 0.935. The lowest BCUT2D eigenvalue weighted by Crippen LogP contribution is -2.25. The Bertz CT molecular complexity index is 957. The molecule has 0 saturated heterocycles. The number of H-pyrrole nitrogens is 1. The topological polar surface area (TPSA) is 90.8 Å². The van der Waals surface area contributed by atoms with E-state index in [2.05, 4.69) is 25.4 Å². The normalized spacial score (nSPS) is 12.2. The molecule has 0 bridgehead atoms. The first-order valence-corrected chi connectivity index (χ1v) is 7.90. The van der Waals surface area contributed by atoms with Crippen LogP contribution in [-0.4, -0.2) is 37.0 Å². The zero-order valence-electron chi connectivity index (χ0n) is 13.3. The Hall–Kier alpha value is -3.32. The Morgan fingerprint density at radius 1 is 0.960 bits per heavy atom. The lowest BCUT2D eigenvalue weighted by molar-refractivity contribution is 0.186. The van der Waals surface area contributed by atoms with Crippen LogP contribution in [0.25, 0.3) is 11.2 Å². The number of nitrogens with zero attached hydrogens (tertiary/aromatic N) is 5. The van der Waals surface area contributed by atoms with Crippen molar-refractivity contribution in [3.05, 3.63) is 72.4 Å². The van der Waals surface area contributed by atoms with Gasteiger partial charge in [0.1, 0.15) is 5.52 Å². The van der Waals surface area contributed by atoms with Gasteiger partial charge in [-0.1, -0.05) is 48.5 Å². The third-order valence-corrected chi connectivity index (χ3v) is 3.91. The zero-order chi connectivity index (χ0) is 17.1. The van der Waals surface area contributed by atoms with E-state index in [1.165, 1.54) is 0 Å². The lowest BCUT2D eigenvalue weighted by Gasteiger charge is -2.25. The molecule has 2 aromatic heterocycles. The smallest absolute Gasteiger partial charge is 0.232 e. The molecule has 124 valence electrons. The maximum Gasteiger partial charge on any atom is 0.232 e. The maximum absolute atomic E-state index is 10.7. The second-order valence-corrected chi connectivity index (χ2v) is 5.58. The summed E-state index contributed by atoms with van der Waals surface area (Å²) in [6.45, 7) is 0.317. The minimum absolute atomic E-state index is 0.317. The monoisotopic (exact) mass is 332 g/mol. The first-order valence-electron chi connectivity index (χ1n) is 7.90. The summed E-state index contributed by atoms with van der Waals surface area (Å²) >= 11 is 0. The van der Waals surface area contributed by atoms with Crippen LogP contribution >= 0.6 is 0 Å². The number of aliphatic hydroxyl groups excluding tert-OH is 1. The van der Waals surface area contributed by atoms with Crippen molar-refractivity contribution in [3.8, 4) is 0 Å². The molecule has 1 unspecified atom stereocenters. The fourth-order valence-electron chi connectivity index (χ4n) is 2.64. The number of aromatic amines is 1. The number of benzene rings is 2. The molecular weight excluding hydrogens is 316 g/mol. The molecule has 7 heteroatoms. The Balaban J connectivity index is 1.71. The molecule has 0 aliphatic rings. The van der Waals surface area contributed by atoms with E-state index < -0.39 is 6.10 Å². The molecule has 1 atom stereocenters. The number of nitrogens with one attached hydrogen (secondary N) is 1. The van der Waals surface area contributed by atoms with Crippen LogP contribution in [0, 0.1) is 0 Å². The highest BCUT2D eigenvalue weighted by Crippen LogP contribution is 2.26. The largest absolute Gasteiger partial charge is 0.387 e. The fourth-order valence-corrected chi connectivity index (χ4v) is 2.64. The lowest BCUT2D eigenvalue weighted by atomic mass is 10.1. The van der Waals surface area contributed by atoms with E-state index in [0.29, 0.717) is 23.7 Å². The average molecular weight is 332 g/mol. The van der Waals surface area contributed by atoms with E-state index in [1.54, 1.807) is 6.20 Å². The first-order chi connectivity index (χ1) is 12.3. The summed E-state index contributed by atoms with van der Waals surface area (Å²) < 4.78 is 0. The molecule has 0 aliphatic heterocycles. The van der Waals surface area contributed by atoms with Crippen molar-refractivity contribution in [2.45, 2.75) is 6.10 Å². The minimum atomic E-state index is -0.682. The van der Waals surface area contributed by atoms with Crippen molar-refractivity contribution in [1.29, 1.82) is 0 Å². The van der Waals surface area contributed by atoms with Gasteiger partial charge < -0.3 is 10.0 Å². The third kappa shape index (κ3) is 3.17. The van der Waals surface area contributed by atoms with Crippen LogP contribution < -0.4 is 4.90 Å². The summed E-state index contributed by atoms with van der Waals surface area (Å²) in [7, 11) is 0. The molecule has 7 nitrogen and oxygen atoms in total. The molecule has 0 radical (unpaired) electrons. The van der Waals surface area contributed by atoms with Gasteiger partial charge in [-0.05, 0) is 17.7 Å². The number of aliphatic hydroxyl groups is 1. The Kier molecular flexibility index (Phi) is 4.05. The number of aromatic nitrogens is 5. The van der Waals surface area contributed by atoms with Gasteiger partial charge in [-0.15, -0.1) is 5.10 Å². The van der Waals surface area contributed by atoms with Crippen molar-refractivity contribution in [2.75, 3.05) is 11.4 Å². The van der Waals surface area contributed by atoms with E-state index in [0.717, 1.165) is 11.3 Å². The summed E-state index contributed by atoms with van der Waals surface area (Å²) in [5.41, 5.74) is 2.81. The van der Waals surface area contributed by atoms with Gasteiger partial charge >= 0.3 is 0 Å². The SMILES string of the molecule is OC(CN(c1ccccc1)c1ncc2n[nH]nc2n1)c1ccccc1. The molecular formula is C18H16N6O. The number of anilines is 2. The van der Waals surface area contributed by atoms with Crippen molar-refractivity contribution >= 4 is 22.8 Å².